The summed E-state index contributed by atoms with van der Waals surface area (Å²) in [4.78, 5) is 2.63. The SMILES string of the molecule is CC1CCC(C)N(CCNCCCOC(C)C)C1. The molecule has 1 saturated heterocycles. The molecule has 0 bridgehead atoms. The van der Waals surface area contributed by atoms with E-state index < -0.39 is 0 Å². The summed E-state index contributed by atoms with van der Waals surface area (Å²) in [6.07, 6.45) is 4.24. The fraction of sp³-hybridized carbons (Fsp3) is 1.00. The molecule has 0 amide bonds. The Morgan fingerprint density at radius 2 is 2.00 bits per heavy atom. The molecule has 1 aliphatic heterocycles. The lowest BCUT2D eigenvalue weighted by Crippen LogP contribution is -2.44. The van der Waals surface area contributed by atoms with Crippen LogP contribution in [-0.2, 0) is 4.74 Å². The second-order valence-electron chi connectivity index (χ2n) is 6.05. The average molecular weight is 256 g/mol. The highest BCUT2D eigenvalue weighted by molar-refractivity contribution is 4.77. The zero-order chi connectivity index (χ0) is 13.4. The molecule has 0 aromatic rings. The molecule has 0 aliphatic carbocycles. The van der Waals surface area contributed by atoms with Gasteiger partial charge in [-0.05, 0) is 52.5 Å². The second kappa shape index (κ2) is 8.89. The molecule has 1 fully saturated rings. The molecule has 1 aliphatic rings. The predicted molar refractivity (Wildman–Crippen MR) is 78.0 cm³/mol. The zero-order valence-electron chi connectivity index (χ0n) is 12.7. The molecule has 108 valence electrons. The van der Waals surface area contributed by atoms with Crippen molar-refractivity contribution in [3.8, 4) is 0 Å². The molecule has 1 rings (SSSR count). The van der Waals surface area contributed by atoms with E-state index in [2.05, 4.69) is 37.9 Å². The van der Waals surface area contributed by atoms with Crippen LogP contribution in [0.5, 0.6) is 0 Å². The smallest absolute Gasteiger partial charge is 0.0518 e. The van der Waals surface area contributed by atoms with Gasteiger partial charge in [0.2, 0.25) is 0 Å². The van der Waals surface area contributed by atoms with E-state index in [0.717, 1.165) is 38.1 Å². The Balaban J connectivity index is 1.96. The molecular formula is C15H32N2O. The van der Waals surface area contributed by atoms with Crippen LogP contribution in [0, 0.1) is 5.92 Å². The standard InChI is InChI=1S/C15H32N2O/c1-13(2)18-11-5-8-16-9-10-17-12-14(3)6-7-15(17)4/h13-16H,5-12H2,1-4H3. The maximum absolute atomic E-state index is 5.52. The van der Waals surface area contributed by atoms with Crippen molar-refractivity contribution in [3.63, 3.8) is 0 Å². The summed E-state index contributed by atoms with van der Waals surface area (Å²) in [5.74, 6) is 0.876. The van der Waals surface area contributed by atoms with Crippen molar-refractivity contribution < 1.29 is 4.74 Å². The molecule has 2 atom stereocenters. The first-order valence-electron chi connectivity index (χ1n) is 7.66. The Morgan fingerprint density at radius 1 is 1.22 bits per heavy atom. The van der Waals surface area contributed by atoms with E-state index >= 15 is 0 Å². The Morgan fingerprint density at radius 3 is 2.72 bits per heavy atom. The van der Waals surface area contributed by atoms with Crippen LogP contribution in [-0.4, -0.2) is 49.8 Å². The molecular weight excluding hydrogens is 224 g/mol. The monoisotopic (exact) mass is 256 g/mol. The molecule has 0 aromatic carbocycles. The predicted octanol–water partition coefficient (Wildman–Crippen LogP) is 2.51. The molecule has 1 N–H and O–H groups in total. The van der Waals surface area contributed by atoms with Gasteiger partial charge < -0.3 is 10.1 Å². The number of hydrogen-bond donors (Lipinski definition) is 1. The molecule has 1 heterocycles. The lowest BCUT2D eigenvalue weighted by Gasteiger charge is -2.36. The Hall–Kier alpha value is -0.120. The highest BCUT2D eigenvalue weighted by Gasteiger charge is 2.21. The number of nitrogens with one attached hydrogen (secondary N) is 1. The fourth-order valence-corrected chi connectivity index (χ4v) is 2.56. The van der Waals surface area contributed by atoms with E-state index in [-0.39, 0.29) is 0 Å². The van der Waals surface area contributed by atoms with Crippen molar-refractivity contribution in [3.05, 3.63) is 0 Å². The molecule has 0 spiro atoms. The van der Waals surface area contributed by atoms with Crippen molar-refractivity contribution in [1.29, 1.82) is 0 Å². The van der Waals surface area contributed by atoms with Crippen LogP contribution in [0.4, 0.5) is 0 Å². The zero-order valence-corrected chi connectivity index (χ0v) is 12.7. The summed E-state index contributed by atoms with van der Waals surface area (Å²) in [5, 5.41) is 3.52. The fourth-order valence-electron chi connectivity index (χ4n) is 2.56. The first-order valence-corrected chi connectivity index (χ1v) is 7.66. The molecule has 18 heavy (non-hydrogen) atoms. The van der Waals surface area contributed by atoms with Gasteiger partial charge in [-0.1, -0.05) is 6.92 Å². The molecule has 0 radical (unpaired) electrons. The van der Waals surface area contributed by atoms with Gasteiger partial charge >= 0.3 is 0 Å². The van der Waals surface area contributed by atoms with E-state index in [1.54, 1.807) is 0 Å². The Labute approximate surface area is 113 Å². The number of likely N-dealkylation sites (tertiary alicyclic amines) is 1. The Kier molecular flexibility index (Phi) is 7.87. The summed E-state index contributed by atoms with van der Waals surface area (Å²) in [6.45, 7) is 14.4. The minimum atomic E-state index is 0.362. The Bertz CT molecular complexity index is 209. The van der Waals surface area contributed by atoms with Gasteiger partial charge in [0.1, 0.15) is 0 Å². The van der Waals surface area contributed by atoms with Gasteiger partial charge in [-0.3, -0.25) is 4.90 Å². The van der Waals surface area contributed by atoms with E-state index in [9.17, 15) is 0 Å². The van der Waals surface area contributed by atoms with E-state index in [0.29, 0.717) is 6.10 Å². The van der Waals surface area contributed by atoms with E-state index in [4.69, 9.17) is 4.74 Å². The molecule has 0 saturated carbocycles. The lowest BCUT2D eigenvalue weighted by atomic mass is 9.95. The van der Waals surface area contributed by atoms with Crippen LogP contribution in [0.15, 0.2) is 0 Å². The number of ether oxygens (including phenoxy) is 1. The third-order valence-electron chi connectivity index (χ3n) is 3.77. The largest absolute Gasteiger partial charge is 0.379 e. The van der Waals surface area contributed by atoms with Gasteiger partial charge in [0.05, 0.1) is 6.10 Å². The van der Waals surface area contributed by atoms with Gasteiger partial charge in [0.25, 0.3) is 0 Å². The van der Waals surface area contributed by atoms with Gasteiger partial charge in [-0.25, -0.2) is 0 Å². The van der Waals surface area contributed by atoms with Crippen molar-refractivity contribution in [2.75, 3.05) is 32.8 Å². The van der Waals surface area contributed by atoms with Crippen LogP contribution in [0.2, 0.25) is 0 Å². The van der Waals surface area contributed by atoms with Crippen LogP contribution in [0.3, 0.4) is 0 Å². The molecule has 0 aromatic heterocycles. The first kappa shape index (κ1) is 15.9. The van der Waals surface area contributed by atoms with Crippen molar-refractivity contribution in [2.24, 2.45) is 5.92 Å². The minimum Gasteiger partial charge on any atom is -0.379 e. The maximum Gasteiger partial charge on any atom is 0.0518 e. The van der Waals surface area contributed by atoms with Crippen molar-refractivity contribution in [1.82, 2.24) is 10.2 Å². The molecule has 2 unspecified atom stereocenters. The van der Waals surface area contributed by atoms with E-state index in [1.807, 2.05) is 0 Å². The summed E-state index contributed by atoms with van der Waals surface area (Å²) in [5.41, 5.74) is 0. The lowest BCUT2D eigenvalue weighted by molar-refractivity contribution is 0.0766. The topological polar surface area (TPSA) is 24.5 Å². The number of hydrogen-bond acceptors (Lipinski definition) is 3. The van der Waals surface area contributed by atoms with Crippen molar-refractivity contribution in [2.45, 2.75) is 59.1 Å². The third kappa shape index (κ3) is 6.72. The minimum absolute atomic E-state index is 0.362. The number of nitrogens with zero attached hydrogens (tertiary/aromatic N) is 1. The van der Waals surface area contributed by atoms with Gasteiger partial charge in [0, 0.05) is 32.3 Å². The highest BCUT2D eigenvalue weighted by Crippen LogP contribution is 2.20. The van der Waals surface area contributed by atoms with E-state index in [1.165, 1.54) is 25.9 Å². The van der Waals surface area contributed by atoms with Crippen LogP contribution >= 0.6 is 0 Å². The number of rotatable bonds is 8. The normalized spacial score (nSPS) is 25.8. The summed E-state index contributed by atoms with van der Waals surface area (Å²) in [6, 6.07) is 0.771. The third-order valence-corrected chi connectivity index (χ3v) is 3.77. The average Bonchev–Trinajstić information content (AvgIpc) is 2.32. The summed E-state index contributed by atoms with van der Waals surface area (Å²) >= 11 is 0. The summed E-state index contributed by atoms with van der Waals surface area (Å²) < 4.78 is 5.52. The van der Waals surface area contributed by atoms with Gasteiger partial charge in [-0.2, -0.15) is 0 Å². The van der Waals surface area contributed by atoms with Gasteiger partial charge in [0.15, 0.2) is 0 Å². The summed E-state index contributed by atoms with van der Waals surface area (Å²) in [7, 11) is 0. The number of piperidine rings is 1. The quantitative estimate of drug-likeness (QED) is 0.675. The maximum atomic E-state index is 5.52. The van der Waals surface area contributed by atoms with Crippen LogP contribution < -0.4 is 5.32 Å². The van der Waals surface area contributed by atoms with Crippen LogP contribution in [0.25, 0.3) is 0 Å². The first-order chi connectivity index (χ1) is 8.59. The van der Waals surface area contributed by atoms with Gasteiger partial charge in [-0.15, -0.1) is 0 Å². The van der Waals surface area contributed by atoms with Crippen molar-refractivity contribution >= 4 is 0 Å². The second-order valence-corrected chi connectivity index (χ2v) is 6.05. The molecule has 3 nitrogen and oxygen atoms in total. The highest BCUT2D eigenvalue weighted by atomic mass is 16.5. The molecule has 3 heteroatoms. The van der Waals surface area contributed by atoms with Crippen LogP contribution in [0.1, 0.15) is 47.0 Å².